The quantitative estimate of drug-likeness (QED) is 0.512. The molecule has 3 aromatic heterocycles. The van der Waals surface area contributed by atoms with E-state index in [-0.39, 0.29) is 5.65 Å². The Bertz CT molecular complexity index is 971. The van der Waals surface area contributed by atoms with Crippen LogP contribution in [-0.4, -0.2) is 14.6 Å². The summed E-state index contributed by atoms with van der Waals surface area (Å²) in [5, 5.41) is 6.45. The number of thiophene rings is 1. The molecule has 0 saturated carbocycles. The minimum Gasteiger partial charge on any atom is -0.227 e. The zero-order valence-electron chi connectivity index (χ0n) is 11.0. The molecule has 22 heavy (non-hydrogen) atoms. The number of hydrogen-bond donors (Lipinski definition) is 0. The van der Waals surface area contributed by atoms with Gasteiger partial charge in [0.1, 0.15) is 0 Å². The Kier molecular flexibility index (Phi) is 2.74. The van der Waals surface area contributed by atoms with E-state index in [4.69, 9.17) is 0 Å². The molecule has 110 valence electrons. The normalized spacial score (nSPS) is 12.3. The summed E-state index contributed by atoms with van der Waals surface area (Å²) in [6.07, 6.45) is -4.50. The zero-order chi connectivity index (χ0) is 15.3. The van der Waals surface area contributed by atoms with E-state index in [0.29, 0.717) is 21.5 Å². The van der Waals surface area contributed by atoms with Gasteiger partial charge in [-0.2, -0.15) is 18.3 Å². The number of aromatic nitrogens is 3. The Morgan fingerprint density at radius 1 is 1.05 bits per heavy atom. The molecule has 0 amide bonds. The molecule has 0 aliphatic carbocycles. The van der Waals surface area contributed by atoms with Gasteiger partial charge in [-0.1, -0.05) is 18.2 Å². The second kappa shape index (κ2) is 4.54. The molecule has 0 aliphatic heterocycles. The van der Waals surface area contributed by atoms with E-state index in [1.54, 1.807) is 36.4 Å². The Balaban J connectivity index is 2.15. The van der Waals surface area contributed by atoms with Gasteiger partial charge in [0.25, 0.3) is 0 Å². The third kappa shape index (κ3) is 1.97. The first-order valence-electron chi connectivity index (χ1n) is 6.43. The van der Waals surface area contributed by atoms with Crippen LogP contribution in [0.2, 0.25) is 0 Å². The lowest BCUT2D eigenvalue weighted by molar-refractivity contribution is -0.142. The highest BCUT2D eigenvalue weighted by Gasteiger charge is 2.35. The Morgan fingerprint density at radius 2 is 1.86 bits per heavy atom. The van der Waals surface area contributed by atoms with Crippen LogP contribution in [0, 0.1) is 0 Å². The first kappa shape index (κ1) is 13.3. The van der Waals surface area contributed by atoms with Gasteiger partial charge in [0, 0.05) is 5.39 Å². The lowest BCUT2D eigenvalue weighted by Crippen LogP contribution is -2.13. The monoisotopic (exact) mass is 319 g/mol. The molecule has 0 fully saturated rings. The van der Waals surface area contributed by atoms with Gasteiger partial charge in [-0.15, -0.1) is 11.3 Å². The highest BCUT2D eigenvalue weighted by Crippen LogP contribution is 2.34. The predicted octanol–water partition coefficient (Wildman–Crippen LogP) is 4.63. The summed E-state index contributed by atoms with van der Waals surface area (Å²) in [4.78, 5) is 5.08. The molecule has 0 N–H and O–H groups in total. The van der Waals surface area contributed by atoms with Crippen LogP contribution in [0.15, 0.2) is 47.8 Å². The standard InChI is InChI=1S/C15H8F3N3S/c16-15(17,18)13-8-11(12-6-3-7-22-12)19-14-9-4-1-2-5-10(9)20-21(13)14/h1-8H. The van der Waals surface area contributed by atoms with Crippen LogP contribution in [-0.2, 0) is 6.18 Å². The Hall–Kier alpha value is -2.41. The summed E-state index contributed by atoms with van der Waals surface area (Å²) in [6.45, 7) is 0. The number of hydrogen-bond acceptors (Lipinski definition) is 3. The molecule has 0 spiro atoms. The van der Waals surface area contributed by atoms with Gasteiger partial charge < -0.3 is 0 Å². The van der Waals surface area contributed by atoms with Crippen molar-refractivity contribution in [2.24, 2.45) is 0 Å². The average molecular weight is 319 g/mol. The number of nitrogens with zero attached hydrogens (tertiary/aromatic N) is 3. The molecule has 4 aromatic rings. The van der Waals surface area contributed by atoms with E-state index < -0.39 is 11.9 Å². The van der Waals surface area contributed by atoms with Crippen LogP contribution in [0.5, 0.6) is 0 Å². The van der Waals surface area contributed by atoms with Gasteiger partial charge >= 0.3 is 6.18 Å². The van der Waals surface area contributed by atoms with Crippen LogP contribution in [0.3, 0.4) is 0 Å². The lowest BCUT2D eigenvalue weighted by atomic mass is 10.2. The van der Waals surface area contributed by atoms with Crippen LogP contribution >= 0.6 is 11.3 Å². The number of rotatable bonds is 1. The minimum absolute atomic E-state index is 0.217. The van der Waals surface area contributed by atoms with Crippen molar-refractivity contribution < 1.29 is 13.2 Å². The molecular formula is C15H8F3N3S. The fourth-order valence-corrected chi connectivity index (χ4v) is 3.07. The van der Waals surface area contributed by atoms with Crippen LogP contribution < -0.4 is 0 Å². The van der Waals surface area contributed by atoms with Crippen molar-refractivity contribution in [3.05, 3.63) is 53.5 Å². The molecule has 3 nitrogen and oxygen atoms in total. The summed E-state index contributed by atoms with van der Waals surface area (Å²) in [7, 11) is 0. The topological polar surface area (TPSA) is 30.2 Å². The molecule has 0 aliphatic rings. The third-order valence-electron chi connectivity index (χ3n) is 3.35. The largest absolute Gasteiger partial charge is 0.433 e. The molecular weight excluding hydrogens is 311 g/mol. The van der Waals surface area contributed by atoms with E-state index in [2.05, 4.69) is 10.1 Å². The molecule has 0 unspecified atom stereocenters. The minimum atomic E-state index is -4.50. The maximum absolute atomic E-state index is 13.4. The summed E-state index contributed by atoms with van der Waals surface area (Å²) in [5.74, 6) is 0. The van der Waals surface area contributed by atoms with E-state index in [1.165, 1.54) is 11.3 Å². The summed E-state index contributed by atoms with van der Waals surface area (Å²) < 4.78 is 41.0. The first-order valence-corrected chi connectivity index (χ1v) is 7.31. The maximum Gasteiger partial charge on any atom is 0.433 e. The lowest BCUT2D eigenvalue weighted by Gasteiger charge is -2.10. The van der Waals surface area contributed by atoms with Crippen LogP contribution in [0.1, 0.15) is 5.69 Å². The molecule has 0 bridgehead atoms. The third-order valence-corrected chi connectivity index (χ3v) is 4.24. The summed E-state index contributed by atoms with van der Waals surface area (Å²) in [6, 6.07) is 11.5. The molecule has 0 atom stereocenters. The molecule has 1 aromatic carbocycles. The zero-order valence-corrected chi connectivity index (χ0v) is 11.8. The number of benzene rings is 1. The van der Waals surface area contributed by atoms with E-state index in [9.17, 15) is 13.2 Å². The molecule has 0 saturated heterocycles. The van der Waals surface area contributed by atoms with Gasteiger partial charge in [-0.3, -0.25) is 0 Å². The van der Waals surface area contributed by atoms with Gasteiger partial charge in [-0.05, 0) is 29.6 Å². The number of halogens is 3. The smallest absolute Gasteiger partial charge is 0.227 e. The van der Waals surface area contributed by atoms with Gasteiger partial charge in [0.15, 0.2) is 11.3 Å². The average Bonchev–Trinajstić information content (AvgIpc) is 3.12. The fourth-order valence-electron chi connectivity index (χ4n) is 2.38. The Morgan fingerprint density at radius 3 is 2.59 bits per heavy atom. The Labute approximate surface area is 126 Å². The number of fused-ring (bicyclic) bond motifs is 3. The van der Waals surface area contributed by atoms with Crippen molar-refractivity contribution in [3.8, 4) is 10.6 Å². The molecule has 3 heterocycles. The van der Waals surface area contributed by atoms with E-state index in [1.807, 2.05) is 5.38 Å². The SMILES string of the molecule is FC(F)(F)c1cc(-c2cccs2)nc2c3ccccc3nn12. The summed E-state index contributed by atoms with van der Waals surface area (Å²) >= 11 is 1.35. The second-order valence-electron chi connectivity index (χ2n) is 4.75. The van der Waals surface area contributed by atoms with E-state index in [0.717, 1.165) is 10.6 Å². The van der Waals surface area contributed by atoms with Crippen molar-refractivity contribution in [2.45, 2.75) is 6.18 Å². The molecule has 0 radical (unpaired) electrons. The van der Waals surface area contributed by atoms with E-state index >= 15 is 0 Å². The van der Waals surface area contributed by atoms with Crippen molar-refractivity contribution in [1.29, 1.82) is 0 Å². The van der Waals surface area contributed by atoms with Crippen LogP contribution in [0.25, 0.3) is 27.1 Å². The molecule has 7 heteroatoms. The second-order valence-corrected chi connectivity index (χ2v) is 5.70. The van der Waals surface area contributed by atoms with Crippen LogP contribution in [0.4, 0.5) is 13.2 Å². The first-order chi connectivity index (χ1) is 10.5. The van der Waals surface area contributed by atoms with Crippen molar-refractivity contribution in [3.63, 3.8) is 0 Å². The maximum atomic E-state index is 13.4. The van der Waals surface area contributed by atoms with Gasteiger partial charge in [0.05, 0.1) is 16.1 Å². The van der Waals surface area contributed by atoms with Crippen molar-refractivity contribution >= 4 is 27.9 Å². The molecule has 4 rings (SSSR count). The highest BCUT2D eigenvalue weighted by molar-refractivity contribution is 7.13. The number of alkyl halides is 3. The van der Waals surface area contributed by atoms with Crippen molar-refractivity contribution in [1.82, 2.24) is 14.6 Å². The summed E-state index contributed by atoms with van der Waals surface area (Å²) in [5.41, 5.74) is 0.190. The highest BCUT2D eigenvalue weighted by atomic mass is 32.1. The van der Waals surface area contributed by atoms with Crippen molar-refractivity contribution in [2.75, 3.05) is 0 Å². The predicted molar refractivity (Wildman–Crippen MR) is 78.8 cm³/mol. The van der Waals surface area contributed by atoms with Gasteiger partial charge in [-0.25, -0.2) is 9.50 Å². The fraction of sp³-hybridized carbons (Fsp3) is 0.0667. The van der Waals surface area contributed by atoms with Gasteiger partial charge in [0.2, 0.25) is 0 Å².